The monoisotopic (exact) mass is 318 g/mol. The van der Waals surface area contributed by atoms with E-state index in [1.807, 2.05) is 12.1 Å². The molecule has 4 heterocycles. The van der Waals surface area contributed by atoms with Gasteiger partial charge >= 0.3 is 6.03 Å². The Bertz CT molecular complexity index is 911. The summed E-state index contributed by atoms with van der Waals surface area (Å²) in [4.78, 5) is 35.7. The lowest BCUT2D eigenvalue weighted by atomic mass is 10.4. The van der Waals surface area contributed by atoms with Crippen LogP contribution in [0.2, 0.25) is 0 Å². The Morgan fingerprint density at radius 3 is 2.86 bits per heavy atom. The van der Waals surface area contributed by atoms with Crippen LogP contribution in [0.15, 0.2) is 28.1 Å². The fraction of sp³-hybridized carbons (Fsp3) is 0.308. The molecule has 2 aliphatic rings. The molecule has 9 heteroatoms. The smallest absolute Gasteiger partial charge is 0.323 e. The molecule has 0 aromatic carbocycles. The van der Waals surface area contributed by atoms with E-state index in [0.29, 0.717) is 9.33 Å². The maximum absolute atomic E-state index is 12.5. The van der Waals surface area contributed by atoms with Crippen molar-refractivity contribution in [3.8, 4) is 0 Å². The number of hydrogen-bond acceptors (Lipinski definition) is 5. The first-order valence-electron chi connectivity index (χ1n) is 6.77. The lowest BCUT2D eigenvalue weighted by Gasteiger charge is -2.26. The minimum Gasteiger partial charge on any atom is -0.362 e. The minimum atomic E-state index is -0.337. The number of rotatable bonds is 1. The van der Waals surface area contributed by atoms with Crippen LogP contribution in [0.1, 0.15) is 5.69 Å². The summed E-state index contributed by atoms with van der Waals surface area (Å²) in [7, 11) is 3.41. The number of aromatic nitrogens is 2. The summed E-state index contributed by atoms with van der Waals surface area (Å²) >= 11 is 1.30. The van der Waals surface area contributed by atoms with E-state index in [1.165, 1.54) is 16.0 Å². The van der Waals surface area contributed by atoms with Crippen LogP contribution in [0.4, 0.5) is 4.79 Å². The van der Waals surface area contributed by atoms with Crippen molar-refractivity contribution >= 4 is 23.4 Å². The Labute approximate surface area is 129 Å². The largest absolute Gasteiger partial charge is 0.362 e. The molecule has 4 rings (SSSR count). The van der Waals surface area contributed by atoms with E-state index in [-0.39, 0.29) is 23.9 Å². The number of nitrogens with one attached hydrogen (secondary N) is 2. The third kappa shape index (κ3) is 1.72. The molecule has 2 amide bonds. The van der Waals surface area contributed by atoms with Crippen LogP contribution in [-0.2, 0) is 0 Å². The zero-order valence-electron chi connectivity index (χ0n) is 12.0. The molecule has 2 atom stereocenters. The quantitative estimate of drug-likeness (QED) is 0.699. The molecule has 0 radical (unpaired) electrons. The molecule has 1 saturated heterocycles. The molecule has 0 bridgehead atoms. The number of carbonyl (C=O) groups is 1. The van der Waals surface area contributed by atoms with Gasteiger partial charge in [0.2, 0.25) is 4.80 Å². The van der Waals surface area contributed by atoms with E-state index >= 15 is 0 Å². The third-order valence-corrected chi connectivity index (χ3v) is 4.90. The molecule has 8 nitrogen and oxygen atoms in total. The molecule has 0 aliphatic carbocycles. The maximum atomic E-state index is 12.5. The van der Waals surface area contributed by atoms with Crippen LogP contribution in [0.25, 0.3) is 6.08 Å². The number of urea groups is 1. The number of H-pyrrole nitrogens is 1. The average Bonchev–Trinajstić information content (AvgIpc) is 3.17. The number of nitrogens with zero attached hydrogens (tertiary/aromatic N) is 4. The molecule has 0 saturated carbocycles. The van der Waals surface area contributed by atoms with E-state index in [4.69, 9.17) is 0 Å². The van der Waals surface area contributed by atoms with Crippen LogP contribution in [-0.4, -0.2) is 51.9 Å². The zero-order chi connectivity index (χ0) is 15.4. The second-order valence-electron chi connectivity index (χ2n) is 5.28. The number of likely N-dealkylation sites (N-methyl/N-ethyl adjacent to an activating group) is 2. The van der Waals surface area contributed by atoms with Crippen LogP contribution >= 0.6 is 11.3 Å². The van der Waals surface area contributed by atoms with Crippen molar-refractivity contribution in [1.82, 2.24) is 19.5 Å². The Balaban J connectivity index is 1.86. The standard InChI is InChI=1S/C13H14N6O2S/c1-17-9-10(18(2)13(17)21)16-19-11(20)8(22-12(19)15-9)6-7-4-3-5-14-7/h3-6,9-10,14,16H,1-2H3/b8-6-. The van der Waals surface area contributed by atoms with Crippen LogP contribution < -0.4 is 20.3 Å². The fourth-order valence-corrected chi connectivity index (χ4v) is 3.65. The molecular formula is C13H14N6O2S. The molecule has 114 valence electrons. The summed E-state index contributed by atoms with van der Waals surface area (Å²) in [5, 5.41) is 0. The highest BCUT2D eigenvalue weighted by atomic mass is 32.1. The Morgan fingerprint density at radius 1 is 1.32 bits per heavy atom. The average molecular weight is 318 g/mol. The number of carbonyl (C=O) groups excluding carboxylic acids is 1. The van der Waals surface area contributed by atoms with Crippen LogP contribution in [0, 0.1) is 0 Å². The second-order valence-corrected chi connectivity index (χ2v) is 6.29. The van der Waals surface area contributed by atoms with Gasteiger partial charge in [0, 0.05) is 26.0 Å². The second kappa shape index (κ2) is 4.47. The van der Waals surface area contributed by atoms with Crippen LogP contribution in [0.5, 0.6) is 0 Å². The van der Waals surface area contributed by atoms with E-state index in [2.05, 4.69) is 15.4 Å². The molecule has 0 spiro atoms. The molecule has 2 N–H and O–H groups in total. The SMILES string of the molecule is CN1C(=O)N(C)C2Nn3c(s/c(=C\c4ccc[nH]4)c3=O)=NC21. The summed E-state index contributed by atoms with van der Waals surface area (Å²) in [5.41, 5.74) is 3.79. The van der Waals surface area contributed by atoms with Gasteiger partial charge in [0.15, 0.2) is 12.3 Å². The molecule has 2 aromatic heterocycles. The number of thiazole rings is 1. The van der Waals surface area contributed by atoms with Gasteiger partial charge in [-0.25, -0.2) is 9.79 Å². The van der Waals surface area contributed by atoms with E-state index < -0.39 is 0 Å². The topological polar surface area (TPSA) is 85.7 Å². The molecule has 2 aliphatic heterocycles. The van der Waals surface area contributed by atoms with Crippen molar-refractivity contribution in [2.45, 2.75) is 12.3 Å². The van der Waals surface area contributed by atoms with Gasteiger partial charge in [-0.15, -0.1) is 0 Å². The van der Waals surface area contributed by atoms with Crippen molar-refractivity contribution in [2.24, 2.45) is 4.99 Å². The number of fused-ring (bicyclic) bond motifs is 2. The lowest BCUT2D eigenvalue weighted by Crippen LogP contribution is -2.54. The van der Waals surface area contributed by atoms with Crippen molar-refractivity contribution in [1.29, 1.82) is 0 Å². The highest BCUT2D eigenvalue weighted by Crippen LogP contribution is 2.20. The van der Waals surface area contributed by atoms with Crippen molar-refractivity contribution in [2.75, 3.05) is 19.5 Å². The summed E-state index contributed by atoms with van der Waals surface area (Å²) in [6.07, 6.45) is 2.94. The van der Waals surface area contributed by atoms with E-state index in [9.17, 15) is 9.59 Å². The normalized spacial score (nSPS) is 24.1. The highest BCUT2D eigenvalue weighted by Gasteiger charge is 2.44. The van der Waals surface area contributed by atoms with Gasteiger partial charge in [-0.3, -0.25) is 10.2 Å². The molecule has 2 aromatic rings. The molecular weight excluding hydrogens is 304 g/mol. The van der Waals surface area contributed by atoms with Gasteiger partial charge in [0.25, 0.3) is 5.56 Å². The maximum Gasteiger partial charge on any atom is 0.323 e. The Kier molecular flexibility index (Phi) is 2.67. The predicted molar refractivity (Wildman–Crippen MR) is 81.6 cm³/mol. The first-order valence-corrected chi connectivity index (χ1v) is 7.59. The number of aromatic amines is 1. The number of amides is 2. The van der Waals surface area contributed by atoms with E-state index in [0.717, 1.165) is 5.69 Å². The highest BCUT2D eigenvalue weighted by molar-refractivity contribution is 7.07. The van der Waals surface area contributed by atoms with Gasteiger partial charge in [-0.05, 0) is 18.2 Å². The minimum absolute atomic E-state index is 0.118. The van der Waals surface area contributed by atoms with Crippen LogP contribution in [0.3, 0.4) is 0 Å². The zero-order valence-corrected chi connectivity index (χ0v) is 12.8. The summed E-state index contributed by atoms with van der Waals surface area (Å²) in [6, 6.07) is 3.65. The Hall–Kier alpha value is -2.55. The number of hydrogen-bond donors (Lipinski definition) is 2. The van der Waals surface area contributed by atoms with Gasteiger partial charge < -0.3 is 14.8 Å². The van der Waals surface area contributed by atoms with Gasteiger partial charge in [0.1, 0.15) is 0 Å². The third-order valence-electron chi connectivity index (χ3n) is 3.92. The van der Waals surface area contributed by atoms with Gasteiger partial charge in [-0.2, -0.15) is 4.68 Å². The molecule has 1 fully saturated rings. The first-order chi connectivity index (χ1) is 10.6. The lowest BCUT2D eigenvalue weighted by molar-refractivity contribution is 0.200. The first kappa shape index (κ1) is 13.1. The van der Waals surface area contributed by atoms with Crippen molar-refractivity contribution in [3.63, 3.8) is 0 Å². The summed E-state index contributed by atoms with van der Waals surface area (Å²) in [6.45, 7) is 0. The van der Waals surface area contributed by atoms with E-state index in [1.54, 1.807) is 36.2 Å². The summed E-state index contributed by atoms with van der Waals surface area (Å²) in [5.74, 6) is 0. The molecule has 2 unspecified atom stereocenters. The van der Waals surface area contributed by atoms with Crippen molar-refractivity contribution < 1.29 is 4.79 Å². The summed E-state index contributed by atoms with van der Waals surface area (Å²) < 4.78 is 2.01. The van der Waals surface area contributed by atoms with Gasteiger partial charge in [-0.1, -0.05) is 11.3 Å². The molecule has 22 heavy (non-hydrogen) atoms. The van der Waals surface area contributed by atoms with Crippen molar-refractivity contribution in [3.05, 3.63) is 43.7 Å². The Morgan fingerprint density at radius 2 is 2.14 bits per heavy atom. The van der Waals surface area contributed by atoms with Gasteiger partial charge in [0.05, 0.1) is 4.53 Å². The fourth-order valence-electron chi connectivity index (χ4n) is 2.70. The predicted octanol–water partition coefficient (Wildman–Crippen LogP) is -1.11.